The molecular formula is C15H15ClN4O3. The number of aromatic amines is 1. The molecule has 23 heavy (non-hydrogen) atoms. The fraction of sp³-hybridized carbons (Fsp3) is 0.267. The van der Waals surface area contributed by atoms with E-state index in [2.05, 4.69) is 10.3 Å². The third-order valence-electron chi connectivity index (χ3n) is 3.84. The van der Waals surface area contributed by atoms with E-state index in [1.165, 1.54) is 12.1 Å². The van der Waals surface area contributed by atoms with Crippen molar-refractivity contribution < 1.29 is 9.72 Å². The number of hydrogen-bond donors (Lipinski definition) is 2. The first kappa shape index (κ1) is 15.5. The predicted molar refractivity (Wildman–Crippen MR) is 85.5 cm³/mol. The standard InChI is InChI=1S/C15H15ClN4O3/c16-11-3-1-2-10(8-11)13-9-17-6-7-19(13)15(21)12-4-5-14(18-12)20(22)23/h1-5,8,13,17-18H,6-7,9H2. The highest BCUT2D eigenvalue weighted by atomic mass is 35.5. The van der Waals surface area contributed by atoms with Gasteiger partial charge in [0.25, 0.3) is 5.91 Å². The number of H-pyrrole nitrogens is 1. The van der Waals surface area contributed by atoms with Crippen molar-refractivity contribution in [2.24, 2.45) is 0 Å². The molecule has 1 unspecified atom stereocenters. The number of benzene rings is 1. The summed E-state index contributed by atoms with van der Waals surface area (Å²) in [4.78, 5) is 27.2. The zero-order chi connectivity index (χ0) is 16.4. The minimum atomic E-state index is -0.553. The second kappa shape index (κ2) is 6.39. The molecule has 2 heterocycles. The molecule has 2 aromatic rings. The third kappa shape index (κ3) is 3.20. The maximum atomic E-state index is 12.7. The first-order chi connectivity index (χ1) is 11.1. The summed E-state index contributed by atoms with van der Waals surface area (Å²) in [7, 11) is 0. The molecule has 0 saturated carbocycles. The summed E-state index contributed by atoms with van der Waals surface area (Å²) in [6.45, 7) is 1.79. The summed E-state index contributed by atoms with van der Waals surface area (Å²) in [5.74, 6) is -0.452. The number of carbonyl (C=O) groups is 1. The van der Waals surface area contributed by atoms with Crippen LogP contribution in [0, 0.1) is 10.1 Å². The van der Waals surface area contributed by atoms with Gasteiger partial charge in [0.15, 0.2) is 5.69 Å². The lowest BCUT2D eigenvalue weighted by Crippen LogP contribution is -2.48. The van der Waals surface area contributed by atoms with Crippen LogP contribution in [-0.4, -0.2) is 40.3 Å². The molecule has 8 heteroatoms. The molecule has 1 saturated heterocycles. The molecule has 0 radical (unpaired) electrons. The Kier molecular flexibility index (Phi) is 4.31. The number of halogens is 1. The monoisotopic (exact) mass is 334 g/mol. The van der Waals surface area contributed by atoms with Crippen LogP contribution < -0.4 is 5.32 Å². The molecule has 1 amide bonds. The molecule has 1 aromatic heterocycles. The number of carbonyl (C=O) groups excluding carboxylic acids is 1. The Bertz CT molecular complexity index is 746. The average molecular weight is 335 g/mol. The number of piperazine rings is 1. The smallest absolute Gasteiger partial charge is 0.321 e. The van der Waals surface area contributed by atoms with Gasteiger partial charge in [-0.15, -0.1) is 0 Å². The minimum absolute atomic E-state index is 0.169. The van der Waals surface area contributed by atoms with E-state index in [0.717, 1.165) is 5.56 Å². The topological polar surface area (TPSA) is 91.3 Å². The molecule has 1 aliphatic rings. The van der Waals surface area contributed by atoms with Gasteiger partial charge in [-0.2, -0.15) is 0 Å². The van der Waals surface area contributed by atoms with Gasteiger partial charge in [0.2, 0.25) is 0 Å². The summed E-state index contributed by atoms with van der Waals surface area (Å²) in [5.41, 5.74) is 1.14. The summed E-state index contributed by atoms with van der Waals surface area (Å²) < 4.78 is 0. The van der Waals surface area contributed by atoms with Crippen molar-refractivity contribution in [2.45, 2.75) is 6.04 Å². The van der Waals surface area contributed by atoms with E-state index in [4.69, 9.17) is 11.6 Å². The van der Waals surface area contributed by atoms with E-state index >= 15 is 0 Å². The first-order valence-corrected chi connectivity index (χ1v) is 7.54. The third-order valence-corrected chi connectivity index (χ3v) is 4.07. The van der Waals surface area contributed by atoms with Crippen LogP contribution >= 0.6 is 11.6 Å². The van der Waals surface area contributed by atoms with Crippen LogP contribution in [0.2, 0.25) is 5.02 Å². The SMILES string of the molecule is O=C(c1ccc([N+](=O)[O-])[nH]1)N1CCNCC1c1cccc(Cl)c1. The summed E-state index contributed by atoms with van der Waals surface area (Å²) >= 11 is 6.04. The number of nitrogens with one attached hydrogen (secondary N) is 2. The van der Waals surface area contributed by atoms with Gasteiger partial charge in [-0.1, -0.05) is 23.7 Å². The molecule has 1 fully saturated rings. The van der Waals surface area contributed by atoms with E-state index in [1.54, 1.807) is 11.0 Å². The summed E-state index contributed by atoms with van der Waals surface area (Å²) in [6.07, 6.45) is 0. The van der Waals surface area contributed by atoms with Gasteiger partial charge in [0, 0.05) is 30.7 Å². The van der Waals surface area contributed by atoms with Gasteiger partial charge in [0.05, 0.1) is 6.04 Å². The second-order valence-electron chi connectivity index (χ2n) is 5.29. The lowest BCUT2D eigenvalue weighted by atomic mass is 10.0. The maximum absolute atomic E-state index is 12.7. The van der Waals surface area contributed by atoms with Crippen molar-refractivity contribution in [1.29, 1.82) is 0 Å². The van der Waals surface area contributed by atoms with E-state index in [9.17, 15) is 14.9 Å². The molecule has 1 aliphatic heterocycles. The van der Waals surface area contributed by atoms with Crippen LogP contribution in [0.1, 0.15) is 22.1 Å². The van der Waals surface area contributed by atoms with Gasteiger partial charge in [-0.3, -0.25) is 4.79 Å². The maximum Gasteiger partial charge on any atom is 0.321 e. The van der Waals surface area contributed by atoms with Crippen LogP contribution in [0.4, 0.5) is 5.82 Å². The van der Waals surface area contributed by atoms with E-state index < -0.39 is 4.92 Å². The molecule has 120 valence electrons. The summed E-state index contributed by atoms with van der Waals surface area (Å²) in [6, 6.07) is 9.94. The lowest BCUT2D eigenvalue weighted by Gasteiger charge is -2.36. The van der Waals surface area contributed by atoms with Gasteiger partial charge < -0.3 is 20.3 Å². The fourth-order valence-electron chi connectivity index (χ4n) is 2.73. The number of rotatable bonds is 3. The van der Waals surface area contributed by atoms with Crippen molar-refractivity contribution in [3.8, 4) is 0 Å². The van der Waals surface area contributed by atoms with Crippen LogP contribution in [0.5, 0.6) is 0 Å². The van der Waals surface area contributed by atoms with E-state index in [1.807, 2.05) is 18.2 Å². The first-order valence-electron chi connectivity index (χ1n) is 7.17. The molecule has 2 N–H and O–H groups in total. The Labute approximate surface area is 137 Å². The second-order valence-corrected chi connectivity index (χ2v) is 5.72. The van der Waals surface area contributed by atoms with Crippen molar-refractivity contribution in [2.75, 3.05) is 19.6 Å². The van der Waals surface area contributed by atoms with Crippen LogP contribution in [0.25, 0.3) is 0 Å². The van der Waals surface area contributed by atoms with Crippen LogP contribution in [-0.2, 0) is 0 Å². The summed E-state index contributed by atoms with van der Waals surface area (Å²) in [5, 5.41) is 14.6. The largest absolute Gasteiger partial charge is 0.358 e. The van der Waals surface area contributed by atoms with Crippen LogP contribution in [0.15, 0.2) is 36.4 Å². The number of nitro groups is 1. The average Bonchev–Trinajstić information content (AvgIpc) is 3.04. The minimum Gasteiger partial charge on any atom is -0.358 e. The lowest BCUT2D eigenvalue weighted by molar-refractivity contribution is -0.389. The number of nitrogens with zero attached hydrogens (tertiary/aromatic N) is 2. The van der Waals surface area contributed by atoms with Crippen molar-refractivity contribution in [3.05, 3.63) is 62.8 Å². The van der Waals surface area contributed by atoms with Gasteiger partial charge in [0.1, 0.15) is 0 Å². The molecule has 1 aromatic carbocycles. The van der Waals surface area contributed by atoms with E-state index in [0.29, 0.717) is 24.7 Å². The van der Waals surface area contributed by atoms with Crippen molar-refractivity contribution in [3.63, 3.8) is 0 Å². The molecule has 0 aliphatic carbocycles. The van der Waals surface area contributed by atoms with Gasteiger partial charge >= 0.3 is 5.82 Å². The quantitative estimate of drug-likeness (QED) is 0.666. The number of aromatic nitrogens is 1. The number of amides is 1. The van der Waals surface area contributed by atoms with Gasteiger partial charge in [-0.25, -0.2) is 4.98 Å². The van der Waals surface area contributed by atoms with Crippen molar-refractivity contribution >= 4 is 23.3 Å². The molecule has 7 nitrogen and oxygen atoms in total. The highest BCUT2D eigenvalue weighted by molar-refractivity contribution is 6.30. The molecular weight excluding hydrogens is 320 g/mol. The Hall–Kier alpha value is -2.38. The van der Waals surface area contributed by atoms with Gasteiger partial charge in [-0.05, 0) is 28.7 Å². The number of hydrogen-bond acceptors (Lipinski definition) is 4. The Morgan fingerprint density at radius 1 is 1.35 bits per heavy atom. The zero-order valence-corrected chi connectivity index (χ0v) is 12.9. The highest BCUT2D eigenvalue weighted by Gasteiger charge is 2.31. The fourth-order valence-corrected chi connectivity index (χ4v) is 2.93. The van der Waals surface area contributed by atoms with E-state index in [-0.39, 0.29) is 23.5 Å². The molecule has 3 rings (SSSR count). The normalized spacial score (nSPS) is 18.0. The zero-order valence-electron chi connectivity index (χ0n) is 12.2. The highest BCUT2D eigenvalue weighted by Crippen LogP contribution is 2.26. The van der Waals surface area contributed by atoms with Crippen molar-refractivity contribution in [1.82, 2.24) is 15.2 Å². The Morgan fingerprint density at radius 3 is 2.87 bits per heavy atom. The molecule has 0 bridgehead atoms. The van der Waals surface area contributed by atoms with Crippen LogP contribution in [0.3, 0.4) is 0 Å². The predicted octanol–water partition coefficient (Wildman–Crippen LogP) is 2.36. The molecule has 0 spiro atoms. The Balaban J connectivity index is 1.88. The molecule has 1 atom stereocenters. The Morgan fingerprint density at radius 2 is 2.17 bits per heavy atom.